The number of fused-ring (bicyclic) bond motifs is 1. The second-order valence-corrected chi connectivity index (χ2v) is 11.2. The molecule has 13 heteroatoms. The second-order valence-electron chi connectivity index (χ2n) is 9.07. The Balaban J connectivity index is 1.47. The van der Waals surface area contributed by atoms with Gasteiger partial charge in [0, 0.05) is 30.9 Å². The molecule has 0 aliphatic carbocycles. The summed E-state index contributed by atoms with van der Waals surface area (Å²) in [7, 11) is -5.49. The van der Waals surface area contributed by atoms with Crippen molar-refractivity contribution in [2.24, 2.45) is 5.73 Å². The Morgan fingerprint density at radius 2 is 1.62 bits per heavy atom. The van der Waals surface area contributed by atoms with Gasteiger partial charge in [0.25, 0.3) is 15.7 Å². The summed E-state index contributed by atoms with van der Waals surface area (Å²) in [5, 5.41) is 0.668. The topological polar surface area (TPSA) is 92.5 Å². The molecule has 208 valence electrons. The summed E-state index contributed by atoms with van der Waals surface area (Å²) >= 11 is 0. The number of nitrogens with zero attached hydrogens (tertiary/aromatic N) is 1. The maximum absolute atomic E-state index is 13.1. The van der Waals surface area contributed by atoms with Crippen LogP contribution in [0.25, 0.3) is 11.1 Å². The van der Waals surface area contributed by atoms with Crippen LogP contribution in [0, 0.1) is 0 Å². The lowest BCUT2D eigenvalue weighted by atomic mass is 9.97. The van der Waals surface area contributed by atoms with Crippen LogP contribution in [0.2, 0.25) is 0 Å². The minimum Gasteiger partial charge on any atom is -0.322 e. The van der Waals surface area contributed by atoms with Crippen molar-refractivity contribution in [3.05, 3.63) is 89.0 Å². The number of carbonyl (C=O) groups excluding carboxylic acids is 1. The largest absolute Gasteiger partial charge is 0.498 e. The van der Waals surface area contributed by atoms with Crippen molar-refractivity contribution >= 4 is 21.4 Å². The molecule has 0 fully saturated rings. The summed E-state index contributed by atoms with van der Waals surface area (Å²) in [5.74, 6) is -0.480. The number of anilines is 1. The van der Waals surface area contributed by atoms with E-state index in [4.69, 9.17) is 5.73 Å². The van der Waals surface area contributed by atoms with Gasteiger partial charge in [-0.1, -0.05) is 36.4 Å². The van der Waals surface area contributed by atoms with Gasteiger partial charge in [0.05, 0.1) is 5.56 Å². The van der Waals surface area contributed by atoms with E-state index in [9.17, 15) is 39.6 Å². The molecule has 39 heavy (non-hydrogen) atoms. The van der Waals surface area contributed by atoms with Gasteiger partial charge in [-0.3, -0.25) is 9.69 Å². The smallest absolute Gasteiger partial charge is 0.322 e. The quantitative estimate of drug-likeness (QED) is 0.397. The van der Waals surface area contributed by atoms with Crippen LogP contribution >= 0.6 is 0 Å². The molecule has 0 bridgehead atoms. The van der Waals surface area contributed by atoms with Crippen molar-refractivity contribution in [1.82, 2.24) is 4.90 Å². The highest BCUT2D eigenvalue weighted by Gasteiger charge is 2.49. The summed E-state index contributed by atoms with van der Waals surface area (Å²) in [6.07, 6.45) is -4.09. The van der Waals surface area contributed by atoms with Gasteiger partial charge in [-0.05, 0) is 59.0 Å². The molecule has 0 saturated carbocycles. The molecule has 3 N–H and O–H groups in total. The van der Waals surface area contributed by atoms with E-state index in [1.54, 1.807) is 42.5 Å². The summed E-state index contributed by atoms with van der Waals surface area (Å²) in [4.78, 5) is 14.6. The van der Waals surface area contributed by atoms with Crippen LogP contribution in [-0.2, 0) is 29.0 Å². The van der Waals surface area contributed by atoms with Crippen molar-refractivity contribution in [1.29, 1.82) is 0 Å². The number of rotatable bonds is 6. The Hall–Kier alpha value is -3.42. The van der Waals surface area contributed by atoms with Gasteiger partial charge >= 0.3 is 11.7 Å². The number of hydrogen-bond acceptors (Lipinski definition) is 5. The summed E-state index contributed by atoms with van der Waals surface area (Å²) < 4.78 is 100. The van der Waals surface area contributed by atoms with E-state index in [-0.39, 0.29) is 18.7 Å². The van der Waals surface area contributed by atoms with Crippen LogP contribution in [0.5, 0.6) is 0 Å². The van der Waals surface area contributed by atoms with Gasteiger partial charge in [-0.2, -0.15) is 26.3 Å². The Kier molecular flexibility index (Phi) is 7.79. The first-order valence-corrected chi connectivity index (χ1v) is 13.2. The average molecular weight is 572 g/mol. The fraction of sp³-hybridized carbons (Fsp3) is 0.269. The zero-order valence-corrected chi connectivity index (χ0v) is 21.0. The lowest BCUT2D eigenvalue weighted by Gasteiger charge is -2.31. The highest BCUT2D eigenvalue weighted by atomic mass is 32.2. The second kappa shape index (κ2) is 10.6. The molecule has 1 aliphatic rings. The minimum absolute atomic E-state index is 0.182. The average Bonchev–Trinajstić information content (AvgIpc) is 2.87. The normalized spacial score (nSPS) is 15.5. The van der Waals surface area contributed by atoms with Crippen molar-refractivity contribution in [3.8, 4) is 11.1 Å². The molecule has 1 unspecified atom stereocenters. The Labute approximate surface area is 220 Å². The predicted octanol–water partition coefficient (Wildman–Crippen LogP) is 5.20. The van der Waals surface area contributed by atoms with Crippen molar-refractivity contribution < 1.29 is 39.6 Å². The van der Waals surface area contributed by atoms with Crippen molar-refractivity contribution in [2.75, 3.05) is 18.4 Å². The third kappa shape index (κ3) is 6.26. The molecule has 6 nitrogen and oxygen atoms in total. The van der Waals surface area contributed by atoms with Crippen molar-refractivity contribution in [2.45, 2.75) is 30.0 Å². The van der Waals surface area contributed by atoms with Crippen LogP contribution in [0.3, 0.4) is 0 Å². The number of benzene rings is 3. The number of amides is 1. The molecule has 4 rings (SSSR count). The number of hydrogen-bond donors (Lipinski definition) is 2. The summed E-state index contributed by atoms with van der Waals surface area (Å²) in [6, 6.07) is 16.0. The molecule has 1 aliphatic heterocycles. The summed E-state index contributed by atoms with van der Waals surface area (Å²) in [5.41, 5.74) is 2.28. The maximum Gasteiger partial charge on any atom is 0.498 e. The van der Waals surface area contributed by atoms with Gasteiger partial charge in [0.2, 0.25) is 0 Å². The van der Waals surface area contributed by atoms with Crippen LogP contribution < -0.4 is 11.1 Å². The van der Waals surface area contributed by atoms with Crippen molar-refractivity contribution in [3.63, 3.8) is 0 Å². The first kappa shape index (κ1) is 28.6. The Morgan fingerprint density at radius 3 is 2.26 bits per heavy atom. The van der Waals surface area contributed by atoms with Gasteiger partial charge in [-0.25, -0.2) is 8.42 Å². The Bertz CT molecular complexity index is 1470. The van der Waals surface area contributed by atoms with E-state index in [1.165, 1.54) is 17.0 Å². The van der Waals surface area contributed by atoms with E-state index in [0.29, 0.717) is 23.2 Å². The molecule has 0 aromatic heterocycles. The molecule has 0 radical (unpaired) electrons. The molecule has 0 saturated heterocycles. The monoisotopic (exact) mass is 571 g/mol. The first-order chi connectivity index (χ1) is 18.2. The summed E-state index contributed by atoms with van der Waals surface area (Å²) in [6.45, 7) is -0.0376. The van der Waals surface area contributed by atoms with E-state index in [0.717, 1.165) is 23.3 Å². The third-order valence-electron chi connectivity index (χ3n) is 6.41. The predicted molar refractivity (Wildman–Crippen MR) is 133 cm³/mol. The molecular formula is C26H23F6N3O3S. The van der Waals surface area contributed by atoms with Crippen LogP contribution in [0.1, 0.15) is 27.0 Å². The van der Waals surface area contributed by atoms with Crippen LogP contribution in [-0.4, -0.2) is 43.2 Å². The van der Waals surface area contributed by atoms with Gasteiger partial charge in [-0.15, -0.1) is 0 Å². The fourth-order valence-electron chi connectivity index (χ4n) is 4.34. The standard InChI is InChI=1S/C26H23F6N3O3S/c27-25(28,29)19-8-5-16(6-9-19)21-3-1-2-4-22(21)24(36)34-20-10-7-18-14-35(12-11-17(18)13-20)15-23(33)39(37,38)26(30,31)32/h1-10,13,23H,11-12,14-15,33H2,(H,34,36). The molecule has 3 aromatic rings. The fourth-order valence-corrected chi connectivity index (χ4v) is 5.09. The number of halogens is 6. The number of carbonyl (C=O) groups is 1. The van der Waals surface area contributed by atoms with E-state index < -0.39 is 44.9 Å². The van der Waals surface area contributed by atoms with E-state index in [1.807, 2.05) is 0 Å². The number of alkyl halides is 6. The molecule has 1 atom stereocenters. The van der Waals surface area contributed by atoms with Gasteiger partial charge in [0.1, 0.15) is 5.37 Å². The zero-order chi connectivity index (χ0) is 28.6. The SMILES string of the molecule is NC(CN1CCc2cc(NC(=O)c3ccccc3-c3ccc(C(F)(F)F)cc3)ccc2C1)S(=O)(=O)C(F)(F)F. The lowest BCUT2D eigenvalue weighted by molar-refractivity contribution is -0.137. The molecular weight excluding hydrogens is 548 g/mol. The molecule has 1 heterocycles. The third-order valence-corrected chi connectivity index (χ3v) is 8.00. The molecule has 1 amide bonds. The Morgan fingerprint density at radius 1 is 0.949 bits per heavy atom. The highest BCUT2D eigenvalue weighted by Crippen LogP contribution is 2.32. The lowest BCUT2D eigenvalue weighted by Crippen LogP contribution is -2.48. The van der Waals surface area contributed by atoms with E-state index in [2.05, 4.69) is 5.32 Å². The van der Waals surface area contributed by atoms with Gasteiger partial charge < -0.3 is 11.1 Å². The number of nitrogens with one attached hydrogen (secondary N) is 1. The zero-order valence-electron chi connectivity index (χ0n) is 20.2. The maximum atomic E-state index is 13.1. The number of nitrogens with two attached hydrogens (primary N) is 1. The number of sulfone groups is 1. The highest BCUT2D eigenvalue weighted by molar-refractivity contribution is 7.92. The van der Waals surface area contributed by atoms with E-state index >= 15 is 0 Å². The van der Waals surface area contributed by atoms with Crippen LogP contribution in [0.4, 0.5) is 32.0 Å². The van der Waals surface area contributed by atoms with Crippen LogP contribution in [0.15, 0.2) is 66.7 Å². The first-order valence-electron chi connectivity index (χ1n) is 11.6. The van der Waals surface area contributed by atoms with Gasteiger partial charge in [0.15, 0.2) is 0 Å². The molecule has 0 spiro atoms. The molecule has 3 aromatic carbocycles. The minimum atomic E-state index is -5.49.